The van der Waals surface area contributed by atoms with Crippen molar-refractivity contribution in [1.29, 1.82) is 0 Å². The van der Waals surface area contributed by atoms with Gasteiger partial charge in [-0.05, 0) is 6.92 Å². The molecule has 7 nitrogen and oxygen atoms in total. The Labute approximate surface area is 111 Å². The Hall–Kier alpha value is -1.63. The molecule has 0 aromatic carbocycles. The second-order valence-corrected chi connectivity index (χ2v) is 4.03. The summed E-state index contributed by atoms with van der Waals surface area (Å²) in [7, 11) is 1.27. The minimum Gasteiger partial charge on any atom is -0.467 e. The molecule has 1 saturated heterocycles. The smallest absolute Gasteiger partial charge is 0.336 e. The number of carbonyl (C=O) groups is 3. The van der Waals surface area contributed by atoms with E-state index in [0.717, 1.165) is 0 Å². The third-order valence-electron chi connectivity index (χ3n) is 2.73. The molecule has 19 heavy (non-hydrogen) atoms. The first-order valence-electron chi connectivity index (χ1n) is 6.21. The molecule has 1 atom stereocenters. The van der Waals surface area contributed by atoms with Crippen LogP contribution in [-0.4, -0.2) is 62.3 Å². The summed E-state index contributed by atoms with van der Waals surface area (Å²) in [6, 6.07) is 0. The highest BCUT2D eigenvalue weighted by molar-refractivity contribution is 5.82. The predicted octanol–water partition coefficient (Wildman–Crippen LogP) is -0.270. The molecule has 7 heteroatoms. The summed E-state index contributed by atoms with van der Waals surface area (Å²) < 4.78 is 14.5. The van der Waals surface area contributed by atoms with E-state index in [2.05, 4.69) is 4.74 Å². The highest BCUT2D eigenvalue weighted by Crippen LogP contribution is 2.09. The average Bonchev–Trinajstić information content (AvgIpc) is 2.44. The molecule has 1 aliphatic heterocycles. The first kappa shape index (κ1) is 15.4. The van der Waals surface area contributed by atoms with Gasteiger partial charge in [-0.2, -0.15) is 0 Å². The van der Waals surface area contributed by atoms with Crippen molar-refractivity contribution in [3.8, 4) is 0 Å². The van der Waals surface area contributed by atoms with Gasteiger partial charge in [0.25, 0.3) is 0 Å². The lowest BCUT2D eigenvalue weighted by atomic mass is 10.2. The summed E-state index contributed by atoms with van der Waals surface area (Å²) in [5.74, 6) is -1.08. The Morgan fingerprint density at radius 1 is 1.32 bits per heavy atom. The van der Waals surface area contributed by atoms with E-state index in [1.165, 1.54) is 12.0 Å². The average molecular weight is 273 g/mol. The molecule has 0 N–H and O–H groups in total. The second kappa shape index (κ2) is 7.73. The van der Waals surface area contributed by atoms with Gasteiger partial charge in [-0.1, -0.05) is 0 Å². The number of hydrogen-bond acceptors (Lipinski definition) is 6. The first-order valence-corrected chi connectivity index (χ1v) is 6.21. The zero-order valence-electron chi connectivity index (χ0n) is 11.2. The summed E-state index contributed by atoms with van der Waals surface area (Å²) in [5, 5.41) is 0. The van der Waals surface area contributed by atoms with E-state index in [1.807, 2.05) is 0 Å². The fraction of sp³-hybridized carbons (Fsp3) is 0.750. The maximum absolute atomic E-state index is 11.9. The lowest BCUT2D eigenvalue weighted by molar-refractivity contribution is -0.163. The minimum absolute atomic E-state index is 0.0485. The van der Waals surface area contributed by atoms with E-state index in [9.17, 15) is 14.4 Å². The second-order valence-electron chi connectivity index (χ2n) is 4.03. The highest BCUT2D eigenvalue weighted by atomic mass is 16.6. The van der Waals surface area contributed by atoms with Gasteiger partial charge in [-0.3, -0.25) is 9.59 Å². The van der Waals surface area contributed by atoms with E-state index in [-0.39, 0.29) is 31.9 Å². The molecule has 1 heterocycles. The molecule has 1 aliphatic rings. The number of rotatable bonds is 5. The summed E-state index contributed by atoms with van der Waals surface area (Å²) in [5.41, 5.74) is 0. The van der Waals surface area contributed by atoms with Crippen LogP contribution in [0.3, 0.4) is 0 Å². The van der Waals surface area contributed by atoms with Crippen LogP contribution in [0.4, 0.5) is 0 Å². The Morgan fingerprint density at radius 3 is 2.68 bits per heavy atom. The normalized spacial score (nSPS) is 18.8. The molecule has 0 spiro atoms. The summed E-state index contributed by atoms with van der Waals surface area (Å²) >= 11 is 0. The summed E-state index contributed by atoms with van der Waals surface area (Å²) in [4.78, 5) is 35.9. The molecular weight excluding hydrogens is 254 g/mol. The van der Waals surface area contributed by atoms with E-state index in [0.29, 0.717) is 13.2 Å². The Balaban J connectivity index is 2.39. The van der Waals surface area contributed by atoms with Crippen molar-refractivity contribution in [3.63, 3.8) is 0 Å². The van der Waals surface area contributed by atoms with Gasteiger partial charge in [0.15, 0.2) is 6.10 Å². The molecule has 0 aromatic rings. The largest absolute Gasteiger partial charge is 0.467 e. The van der Waals surface area contributed by atoms with Gasteiger partial charge in [-0.15, -0.1) is 0 Å². The maximum atomic E-state index is 11.9. The molecule has 1 fully saturated rings. The Kier molecular flexibility index (Phi) is 6.27. The SMILES string of the molecule is CCOC(=O)CCC(=O)N1CCOC(C(=O)OC)C1. The Morgan fingerprint density at radius 2 is 2.05 bits per heavy atom. The first-order chi connectivity index (χ1) is 9.08. The van der Waals surface area contributed by atoms with Crippen LogP contribution in [0.5, 0.6) is 0 Å². The van der Waals surface area contributed by atoms with Crippen molar-refractivity contribution in [1.82, 2.24) is 4.90 Å². The van der Waals surface area contributed by atoms with E-state index < -0.39 is 18.0 Å². The summed E-state index contributed by atoms with van der Waals surface area (Å²) in [6.07, 6.45) is -0.620. The van der Waals surface area contributed by atoms with Gasteiger partial charge >= 0.3 is 11.9 Å². The van der Waals surface area contributed by atoms with Gasteiger partial charge in [-0.25, -0.2) is 4.79 Å². The van der Waals surface area contributed by atoms with Gasteiger partial charge in [0.05, 0.1) is 33.3 Å². The van der Waals surface area contributed by atoms with Crippen molar-refractivity contribution < 1.29 is 28.6 Å². The molecular formula is C12H19NO6. The van der Waals surface area contributed by atoms with E-state index in [1.54, 1.807) is 6.92 Å². The van der Waals surface area contributed by atoms with Crippen molar-refractivity contribution >= 4 is 17.8 Å². The van der Waals surface area contributed by atoms with Crippen molar-refractivity contribution in [2.45, 2.75) is 25.9 Å². The third kappa shape index (κ3) is 4.86. The molecule has 1 rings (SSSR count). The number of nitrogens with zero attached hydrogens (tertiary/aromatic N) is 1. The van der Waals surface area contributed by atoms with Gasteiger partial charge < -0.3 is 19.1 Å². The molecule has 0 radical (unpaired) electrons. The van der Waals surface area contributed by atoms with E-state index >= 15 is 0 Å². The van der Waals surface area contributed by atoms with E-state index in [4.69, 9.17) is 9.47 Å². The number of amides is 1. The molecule has 108 valence electrons. The van der Waals surface area contributed by atoms with Crippen LogP contribution in [0.1, 0.15) is 19.8 Å². The third-order valence-corrected chi connectivity index (χ3v) is 2.73. The standard InChI is InChI=1S/C12H19NO6/c1-3-18-11(15)5-4-10(14)13-6-7-19-9(8-13)12(16)17-2/h9H,3-8H2,1-2H3. The topological polar surface area (TPSA) is 82.1 Å². The predicted molar refractivity (Wildman–Crippen MR) is 64.2 cm³/mol. The molecule has 1 unspecified atom stereocenters. The molecule has 0 aliphatic carbocycles. The quantitative estimate of drug-likeness (QED) is 0.641. The molecule has 1 amide bonds. The number of esters is 2. The number of hydrogen-bond donors (Lipinski definition) is 0. The lowest BCUT2D eigenvalue weighted by Gasteiger charge is -2.31. The van der Waals surface area contributed by atoms with Gasteiger partial charge in [0, 0.05) is 13.0 Å². The zero-order valence-corrected chi connectivity index (χ0v) is 11.2. The van der Waals surface area contributed by atoms with Crippen LogP contribution >= 0.6 is 0 Å². The number of ether oxygens (including phenoxy) is 3. The fourth-order valence-electron chi connectivity index (χ4n) is 1.75. The minimum atomic E-state index is -0.745. The number of methoxy groups -OCH3 is 1. The zero-order chi connectivity index (χ0) is 14.3. The lowest BCUT2D eigenvalue weighted by Crippen LogP contribution is -2.48. The molecule has 0 bridgehead atoms. The van der Waals surface area contributed by atoms with Crippen LogP contribution in [-0.2, 0) is 28.6 Å². The van der Waals surface area contributed by atoms with Crippen molar-refractivity contribution in [2.75, 3.05) is 33.4 Å². The van der Waals surface area contributed by atoms with Crippen molar-refractivity contribution in [3.05, 3.63) is 0 Å². The van der Waals surface area contributed by atoms with Crippen LogP contribution in [0.25, 0.3) is 0 Å². The van der Waals surface area contributed by atoms with Crippen LogP contribution in [0.2, 0.25) is 0 Å². The number of carbonyl (C=O) groups excluding carboxylic acids is 3. The molecule has 0 aromatic heterocycles. The number of morpholine rings is 1. The highest BCUT2D eigenvalue weighted by Gasteiger charge is 2.29. The maximum Gasteiger partial charge on any atom is 0.336 e. The summed E-state index contributed by atoms with van der Waals surface area (Å²) in [6.45, 7) is 2.87. The van der Waals surface area contributed by atoms with Crippen LogP contribution in [0, 0.1) is 0 Å². The van der Waals surface area contributed by atoms with Crippen molar-refractivity contribution in [2.24, 2.45) is 0 Å². The monoisotopic (exact) mass is 273 g/mol. The molecule has 0 saturated carbocycles. The van der Waals surface area contributed by atoms with Gasteiger partial charge in [0.1, 0.15) is 0 Å². The van der Waals surface area contributed by atoms with Gasteiger partial charge in [0.2, 0.25) is 5.91 Å². The van der Waals surface area contributed by atoms with Crippen LogP contribution in [0.15, 0.2) is 0 Å². The Bertz CT molecular complexity index is 343. The fourth-order valence-corrected chi connectivity index (χ4v) is 1.75. The van der Waals surface area contributed by atoms with Crippen LogP contribution < -0.4 is 0 Å².